The van der Waals surface area contributed by atoms with Gasteiger partial charge in [-0.3, -0.25) is 4.79 Å². The van der Waals surface area contributed by atoms with Crippen LogP contribution >= 0.6 is 15.9 Å². The molecule has 0 radical (unpaired) electrons. The highest BCUT2D eigenvalue weighted by molar-refractivity contribution is 9.10. The average molecular weight is 277 g/mol. The zero-order chi connectivity index (χ0) is 11.5. The van der Waals surface area contributed by atoms with Crippen LogP contribution in [0.3, 0.4) is 0 Å². The van der Waals surface area contributed by atoms with E-state index in [2.05, 4.69) is 20.9 Å². The molecule has 3 nitrogen and oxygen atoms in total. The highest BCUT2D eigenvalue weighted by Gasteiger charge is 2.08. The molecule has 0 bridgehead atoms. The van der Waals surface area contributed by atoms with Gasteiger partial charge in [-0.25, -0.2) is 4.98 Å². The summed E-state index contributed by atoms with van der Waals surface area (Å²) in [6.45, 7) is 0. The number of carbonyl (C=O) groups is 1. The van der Waals surface area contributed by atoms with Crippen LogP contribution in [0.2, 0.25) is 0 Å². The number of pyridine rings is 1. The lowest BCUT2D eigenvalue weighted by molar-refractivity contribution is 0.112. The normalized spacial score (nSPS) is 10.1. The second-order valence-corrected chi connectivity index (χ2v) is 4.13. The van der Waals surface area contributed by atoms with E-state index >= 15 is 0 Å². The SMILES string of the molecule is Nc1nc(-c2ccccc2)c(Br)cc1C=O. The third-order valence-corrected chi connectivity index (χ3v) is 2.82. The minimum absolute atomic E-state index is 0.247. The van der Waals surface area contributed by atoms with Gasteiger partial charge in [0.1, 0.15) is 5.82 Å². The summed E-state index contributed by atoms with van der Waals surface area (Å²) >= 11 is 3.38. The van der Waals surface area contributed by atoms with E-state index in [1.807, 2.05) is 30.3 Å². The summed E-state index contributed by atoms with van der Waals surface area (Å²) in [6, 6.07) is 11.3. The summed E-state index contributed by atoms with van der Waals surface area (Å²) in [4.78, 5) is 14.9. The first-order valence-corrected chi connectivity index (χ1v) is 5.48. The highest BCUT2D eigenvalue weighted by atomic mass is 79.9. The largest absolute Gasteiger partial charge is 0.383 e. The van der Waals surface area contributed by atoms with Crippen molar-refractivity contribution >= 4 is 28.0 Å². The number of carbonyl (C=O) groups excluding carboxylic acids is 1. The van der Waals surface area contributed by atoms with Crippen molar-refractivity contribution in [3.8, 4) is 11.3 Å². The van der Waals surface area contributed by atoms with Gasteiger partial charge in [-0.05, 0) is 22.0 Å². The third kappa shape index (κ3) is 1.97. The van der Waals surface area contributed by atoms with Crippen molar-refractivity contribution in [3.05, 3.63) is 46.4 Å². The molecule has 1 aromatic heterocycles. The Kier molecular flexibility index (Phi) is 3.01. The number of hydrogen-bond acceptors (Lipinski definition) is 3. The molecule has 2 rings (SSSR count). The first kappa shape index (κ1) is 10.8. The fraction of sp³-hybridized carbons (Fsp3) is 0. The van der Waals surface area contributed by atoms with Crippen LogP contribution in [0, 0.1) is 0 Å². The van der Waals surface area contributed by atoms with Gasteiger partial charge in [0.05, 0.1) is 11.3 Å². The standard InChI is InChI=1S/C12H9BrN2O/c13-10-6-9(7-16)12(14)15-11(10)8-4-2-1-3-5-8/h1-7H,(H2,14,15). The molecule has 0 saturated carbocycles. The zero-order valence-electron chi connectivity index (χ0n) is 8.35. The van der Waals surface area contributed by atoms with E-state index in [0.29, 0.717) is 11.8 Å². The van der Waals surface area contributed by atoms with Crippen LogP contribution in [0.5, 0.6) is 0 Å². The lowest BCUT2D eigenvalue weighted by atomic mass is 10.1. The molecule has 4 heteroatoms. The quantitative estimate of drug-likeness (QED) is 0.859. The number of aldehydes is 1. The Morgan fingerprint density at radius 2 is 1.94 bits per heavy atom. The molecule has 0 saturated heterocycles. The molecule has 0 aliphatic heterocycles. The van der Waals surface area contributed by atoms with E-state index in [-0.39, 0.29) is 5.82 Å². The summed E-state index contributed by atoms with van der Waals surface area (Å²) in [5, 5.41) is 0. The van der Waals surface area contributed by atoms with Crippen molar-refractivity contribution < 1.29 is 4.79 Å². The number of nitrogens with two attached hydrogens (primary N) is 1. The van der Waals surface area contributed by atoms with Crippen molar-refractivity contribution in [2.75, 3.05) is 5.73 Å². The van der Waals surface area contributed by atoms with Crippen LogP contribution in [-0.4, -0.2) is 11.3 Å². The summed E-state index contributed by atoms with van der Waals surface area (Å²) in [6.07, 6.45) is 0.696. The van der Waals surface area contributed by atoms with Gasteiger partial charge in [0, 0.05) is 10.0 Å². The molecule has 16 heavy (non-hydrogen) atoms. The smallest absolute Gasteiger partial charge is 0.153 e. The minimum atomic E-state index is 0.247. The molecular weight excluding hydrogens is 268 g/mol. The molecule has 1 heterocycles. The highest BCUT2D eigenvalue weighted by Crippen LogP contribution is 2.28. The second kappa shape index (κ2) is 4.45. The first-order chi connectivity index (χ1) is 7.72. The van der Waals surface area contributed by atoms with E-state index in [4.69, 9.17) is 5.73 Å². The summed E-state index contributed by atoms with van der Waals surface area (Å²) in [5.41, 5.74) is 7.77. The minimum Gasteiger partial charge on any atom is -0.383 e. The van der Waals surface area contributed by atoms with Crippen molar-refractivity contribution in [2.24, 2.45) is 0 Å². The summed E-state index contributed by atoms with van der Waals surface area (Å²) in [7, 11) is 0. The Hall–Kier alpha value is -1.68. The fourth-order valence-corrected chi connectivity index (χ4v) is 1.97. The maximum Gasteiger partial charge on any atom is 0.153 e. The fourth-order valence-electron chi connectivity index (χ4n) is 1.41. The molecule has 2 aromatic rings. The van der Waals surface area contributed by atoms with E-state index in [9.17, 15) is 4.79 Å². The van der Waals surface area contributed by atoms with Crippen molar-refractivity contribution in [2.45, 2.75) is 0 Å². The third-order valence-electron chi connectivity index (χ3n) is 2.21. The lowest BCUT2D eigenvalue weighted by Crippen LogP contribution is -1.99. The summed E-state index contributed by atoms with van der Waals surface area (Å²) in [5.74, 6) is 0.247. The Bertz CT molecular complexity index is 526. The monoisotopic (exact) mass is 276 g/mol. The number of rotatable bonds is 2. The molecular formula is C12H9BrN2O. The Balaban J connectivity index is 2.59. The van der Waals surface area contributed by atoms with Gasteiger partial charge in [-0.15, -0.1) is 0 Å². The number of aromatic nitrogens is 1. The van der Waals surface area contributed by atoms with Gasteiger partial charge in [0.25, 0.3) is 0 Å². The number of nitrogen functional groups attached to an aromatic ring is 1. The van der Waals surface area contributed by atoms with E-state index in [1.54, 1.807) is 6.07 Å². The van der Waals surface area contributed by atoms with Crippen molar-refractivity contribution in [1.29, 1.82) is 0 Å². The van der Waals surface area contributed by atoms with Crippen LogP contribution < -0.4 is 5.73 Å². The molecule has 1 aromatic carbocycles. The molecule has 0 unspecified atom stereocenters. The number of benzene rings is 1. The lowest BCUT2D eigenvalue weighted by Gasteiger charge is -2.06. The van der Waals surface area contributed by atoms with Crippen molar-refractivity contribution in [3.63, 3.8) is 0 Å². The van der Waals surface area contributed by atoms with E-state index < -0.39 is 0 Å². The Morgan fingerprint density at radius 3 is 2.56 bits per heavy atom. The maximum absolute atomic E-state index is 10.7. The first-order valence-electron chi connectivity index (χ1n) is 4.69. The number of nitrogens with zero attached hydrogens (tertiary/aromatic N) is 1. The van der Waals surface area contributed by atoms with Gasteiger partial charge in [-0.1, -0.05) is 30.3 Å². The molecule has 0 amide bonds. The van der Waals surface area contributed by atoms with E-state index in [1.165, 1.54) is 0 Å². The Morgan fingerprint density at radius 1 is 1.25 bits per heavy atom. The van der Waals surface area contributed by atoms with Gasteiger partial charge in [-0.2, -0.15) is 0 Å². The molecule has 0 spiro atoms. The molecule has 0 atom stereocenters. The van der Waals surface area contributed by atoms with Gasteiger partial charge >= 0.3 is 0 Å². The van der Waals surface area contributed by atoms with Gasteiger partial charge in [0.15, 0.2) is 6.29 Å². The predicted molar refractivity (Wildman–Crippen MR) is 67.2 cm³/mol. The number of anilines is 1. The molecule has 0 aliphatic rings. The van der Waals surface area contributed by atoms with Crippen LogP contribution in [0.25, 0.3) is 11.3 Å². The molecule has 0 aliphatic carbocycles. The van der Waals surface area contributed by atoms with Crippen LogP contribution in [0.4, 0.5) is 5.82 Å². The topological polar surface area (TPSA) is 56.0 Å². The molecule has 2 N–H and O–H groups in total. The van der Waals surface area contributed by atoms with Crippen LogP contribution in [0.15, 0.2) is 40.9 Å². The van der Waals surface area contributed by atoms with Gasteiger partial charge < -0.3 is 5.73 Å². The predicted octanol–water partition coefficient (Wildman–Crippen LogP) is 2.91. The number of hydrogen-bond donors (Lipinski definition) is 1. The number of halogens is 1. The maximum atomic E-state index is 10.7. The molecule has 80 valence electrons. The van der Waals surface area contributed by atoms with E-state index in [0.717, 1.165) is 15.7 Å². The second-order valence-electron chi connectivity index (χ2n) is 3.28. The molecule has 0 fully saturated rings. The Labute approximate surface area is 101 Å². The van der Waals surface area contributed by atoms with Crippen molar-refractivity contribution in [1.82, 2.24) is 4.98 Å². The van der Waals surface area contributed by atoms with Crippen LogP contribution in [-0.2, 0) is 0 Å². The van der Waals surface area contributed by atoms with Gasteiger partial charge in [0.2, 0.25) is 0 Å². The summed E-state index contributed by atoms with van der Waals surface area (Å²) < 4.78 is 0.759. The average Bonchev–Trinajstić information content (AvgIpc) is 2.32. The zero-order valence-corrected chi connectivity index (χ0v) is 9.94. The van der Waals surface area contributed by atoms with Crippen LogP contribution in [0.1, 0.15) is 10.4 Å².